The molecule has 17 heavy (non-hydrogen) atoms. The van der Waals surface area contributed by atoms with E-state index in [0.717, 1.165) is 0 Å². The van der Waals surface area contributed by atoms with Crippen molar-refractivity contribution in [2.75, 3.05) is 13.7 Å². The summed E-state index contributed by atoms with van der Waals surface area (Å²) < 4.78 is 45.7. The molecule has 0 amide bonds. The van der Waals surface area contributed by atoms with Gasteiger partial charge in [-0.15, -0.1) is 0 Å². The maximum Gasteiger partial charge on any atom is 0.422 e. The Kier molecular flexibility index (Phi) is 4.39. The van der Waals surface area contributed by atoms with Gasteiger partial charge in [-0.2, -0.15) is 13.2 Å². The Balaban J connectivity index is 3.01. The molecule has 94 valence electrons. The SMILES string of the molecule is COc1cc(C=O)cc(Br)c1OCC(F)(F)F. The molecule has 0 heterocycles. The zero-order valence-electron chi connectivity index (χ0n) is 8.68. The molecule has 7 heteroatoms. The topological polar surface area (TPSA) is 35.5 Å². The highest BCUT2D eigenvalue weighted by atomic mass is 79.9. The lowest BCUT2D eigenvalue weighted by molar-refractivity contribution is -0.153. The standard InChI is InChI=1S/C10H8BrF3O3/c1-16-8-3-6(4-15)2-7(11)9(8)17-5-10(12,13)14/h2-4H,5H2,1H3. The molecule has 0 atom stereocenters. The number of aldehydes is 1. The van der Waals surface area contributed by atoms with Gasteiger partial charge in [0.1, 0.15) is 6.29 Å². The highest BCUT2D eigenvalue weighted by Gasteiger charge is 2.29. The van der Waals surface area contributed by atoms with Crippen LogP contribution in [0.4, 0.5) is 13.2 Å². The van der Waals surface area contributed by atoms with Crippen LogP contribution in [0.25, 0.3) is 0 Å². The molecule has 0 fully saturated rings. The average molecular weight is 313 g/mol. The summed E-state index contributed by atoms with van der Waals surface area (Å²) in [6.07, 6.45) is -3.88. The van der Waals surface area contributed by atoms with Gasteiger partial charge in [-0.25, -0.2) is 0 Å². The van der Waals surface area contributed by atoms with Crippen molar-refractivity contribution in [1.29, 1.82) is 0 Å². The van der Waals surface area contributed by atoms with Crippen LogP contribution in [0.15, 0.2) is 16.6 Å². The second kappa shape index (κ2) is 5.39. The predicted octanol–water partition coefficient (Wildman–Crippen LogP) is 3.21. The molecule has 0 aromatic heterocycles. The Morgan fingerprint density at radius 1 is 1.41 bits per heavy atom. The predicted molar refractivity (Wildman–Crippen MR) is 57.6 cm³/mol. The van der Waals surface area contributed by atoms with E-state index in [4.69, 9.17) is 4.74 Å². The van der Waals surface area contributed by atoms with Crippen LogP contribution in [0, 0.1) is 0 Å². The molecule has 0 saturated carbocycles. The molecule has 0 aliphatic heterocycles. The molecule has 0 bridgehead atoms. The molecule has 1 aromatic carbocycles. The lowest BCUT2D eigenvalue weighted by atomic mass is 10.2. The van der Waals surface area contributed by atoms with Crippen LogP contribution in [-0.2, 0) is 0 Å². The number of hydrogen-bond donors (Lipinski definition) is 0. The summed E-state index contributed by atoms with van der Waals surface area (Å²) in [5.74, 6) is -0.0267. The highest BCUT2D eigenvalue weighted by molar-refractivity contribution is 9.10. The molecule has 0 aliphatic carbocycles. The Labute approximate surface area is 104 Å². The molecule has 0 N–H and O–H groups in total. The Hall–Kier alpha value is -1.24. The van der Waals surface area contributed by atoms with E-state index in [9.17, 15) is 18.0 Å². The van der Waals surface area contributed by atoms with Crippen molar-refractivity contribution >= 4 is 22.2 Å². The van der Waals surface area contributed by atoms with Crippen molar-refractivity contribution in [2.45, 2.75) is 6.18 Å². The molecule has 1 rings (SSSR count). The fourth-order valence-corrected chi connectivity index (χ4v) is 1.68. The monoisotopic (exact) mass is 312 g/mol. The molecule has 1 aromatic rings. The smallest absolute Gasteiger partial charge is 0.422 e. The third-order valence-electron chi connectivity index (χ3n) is 1.77. The van der Waals surface area contributed by atoms with Crippen LogP contribution in [0.5, 0.6) is 11.5 Å². The van der Waals surface area contributed by atoms with Gasteiger partial charge in [0.05, 0.1) is 11.6 Å². The summed E-state index contributed by atoms with van der Waals surface area (Å²) >= 11 is 3.02. The minimum atomic E-state index is -4.44. The lowest BCUT2D eigenvalue weighted by Crippen LogP contribution is -2.19. The Morgan fingerprint density at radius 3 is 2.53 bits per heavy atom. The van der Waals surface area contributed by atoms with Gasteiger partial charge in [-0.1, -0.05) is 0 Å². The average Bonchev–Trinajstić information content (AvgIpc) is 2.25. The second-order valence-electron chi connectivity index (χ2n) is 3.06. The number of hydrogen-bond acceptors (Lipinski definition) is 3. The van der Waals surface area contributed by atoms with Crippen LogP contribution in [0.2, 0.25) is 0 Å². The van der Waals surface area contributed by atoms with Gasteiger partial charge in [-0.3, -0.25) is 4.79 Å². The number of benzene rings is 1. The third kappa shape index (κ3) is 3.92. The van der Waals surface area contributed by atoms with Crippen LogP contribution in [0.1, 0.15) is 10.4 Å². The van der Waals surface area contributed by atoms with E-state index in [-0.39, 0.29) is 21.5 Å². The first kappa shape index (κ1) is 13.8. The summed E-state index contributed by atoms with van der Waals surface area (Å²) in [6.45, 7) is -1.43. The molecule has 0 unspecified atom stereocenters. The zero-order chi connectivity index (χ0) is 13.1. The van der Waals surface area contributed by atoms with E-state index in [2.05, 4.69) is 20.7 Å². The molecule has 0 saturated heterocycles. The van der Waals surface area contributed by atoms with Crippen molar-refractivity contribution in [3.05, 3.63) is 22.2 Å². The molecule has 3 nitrogen and oxygen atoms in total. The van der Waals surface area contributed by atoms with Gasteiger partial charge in [-0.05, 0) is 28.1 Å². The van der Waals surface area contributed by atoms with Crippen molar-refractivity contribution in [2.24, 2.45) is 0 Å². The van der Waals surface area contributed by atoms with Gasteiger partial charge in [0.2, 0.25) is 0 Å². The number of carbonyl (C=O) groups excluding carboxylic acids is 1. The fraction of sp³-hybridized carbons (Fsp3) is 0.300. The first-order valence-corrected chi connectivity index (χ1v) is 5.19. The van der Waals surface area contributed by atoms with Crippen molar-refractivity contribution in [3.63, 3.8) is 0 Å². The lowest BCUT2D eigenvalue weighted by Gasteiger charge is -2.14. The van der Waals surface area contributed by atoms with E-state index in [1.807, 2.05) is 0 Å². The molecular formula is C10H8BrF3O3. The number of carbonyl (C=O) groups is 1. The Bertz CT molecular complexity index is 418. The Morgan fingerprint density at radius 2 is 2.06 bits per heavy atom. The molecular weight excluding hydrogens is 305 g/mol. The summed E-state index contributed by atoms with van der Waals surface area (Å²) in [6, 6.07) is 2.64. The maximum atomic E-state index is 12.0. The zero-order valence-corrected chi connectivity index (χ0v) is 10.3. The van der Waals surface area contributed by atoms with E-state index < -0.39 is 12.8 Å². The quantitative estimate of drug-likeness (QED) is 0.801. The summed E-state index contributed by atoms with van der Waals surface area (Å²) in [7, 11) is 1.27. The van der Waals surface area contributed by atoms with Gasteiger partial charge in [0.25, 0.3) is 0 Å². The maximum absolute atomic E-state index is 12.0. The second-order valence-corrected chi connectivity index (χ2v) is 3.91. The van der Waals surface area contributed by atoms with Crippen LogP contribution in [0.3, 0.4) is 0 Å². The first-order chi connectivity index (χ1) is 7.87. The number of ether oxygens (including phenoxy) is 2. The van der Waals surface area contributed by atoms with Gasteiger partial charge in [0, 0.05) is 5.56 Å². The van der Waals surface area contributed by atoms with Crippen LogP contribution < -0.4 is 9.47 Å². The largest absolute Gasteiger partial charge is 0.493 e. The van der Waals surface area contributed by atoms with Crippen LogP contribution in [-0.4, -0.2) is 26.2 Å². The summed E-state index contributed by atoms with van der Waals surface area (Å²) in [4.78, 5) is 10.6. The molecule has 0 spiro atoms. The fourth-order valence-electron chi connectivity index (χ4n) is 1.10. The summed E-state index contributed by atoms with van der Waals surface area (Å²) in [5, 5.41) is 0. The van der Waals surface area contributed by atoms with E-state index in [1.165, 1.54) is 19.2 Å². The first-order valence-electron chi connectivity index (χ1n) is 4.39. The number of methoxy groups -OCH3 is 1. The van der Waals surface area contributed by atoms with Crippen molar-refractivity contribution < 1.29 is 27.4 Å². The van der Waals surface area contributed by atoms with E-state index in [0.29, 0.717) is 6.29 Å². The van der Waals surface area contributed by atoms with Crippen LogP contribution >= 0.6 is 15.9 Å². The number of alkyl halides is 3. The van der Waals surface area contributed by atoms with Gasteiger partial charge >= 0.3 is 6.18 Å². The van der Waals surface area contributed by atoms with Gasteiger partial charge < -0.3 is 9.47 Å². The summed E-state index contributed by atoms with van der Waals surface area (Å²) in [5.41, 5.74) is 0.271. The molecule has 0 radical (unpaired) electrons. The normalized spacial score (nSPS) is 11.1. The van der Waals surface area contributed by atoms with E-state index >= 15 is 0 Å². The van der Waals surface area contributed by atoms with Crippen molar-refractivity contribution in [3.8, 4) is 11.5 Å². The number of rotatable bonds is 4. The molecule has 0 aliphatic rings. The number of halogens is 4. The van der Waals surface area contributed by atoms with Crippen molar-refractivity contribution in [1.82, 2.24) is 0 Å². The minimum Gasteiger partial charge on any atom is -0.493 e. The van der Waals surface area contributed by atoms with Gasteiger partial charge in [0.15, 0.2) is 18.1 Å². The third-order valence-corrected chi connectivity index (χ3v) is 2.36. The van der Waals surface area contributed by atoms with E-state index in [1.54, 1.807) is 0 Å². The highest BCUT2D eigenvalue weighted by Crippen LogP contribution is 2.37. The minimum absolute atomic E-state index is 0.0609.